The van der Waals surface area contributed by atoms with E-state index in [0.717, 1.165) is 49.7 Å². The molecule has 4 rings (SSSR count). The van der Waals surface area contributed by atoms with Crippen molar-refractivity contribution >= 4 is 10.8 Å². The van der Waals surface area contributed by atoms with Gasteiger partial charge in [0, 0.05) is 25.2 Å². The molecule has 1 atom stereocenters. The molecular weight excluding hydrogens is 348 g/mol. The lowest BCUT2D eigenvalue weighted by atomic mass is 9.91. The molecule has 3 aromatic carbocycles. The second kappa shape index (κ2) is 8.63. The number of nitrogens with zero attached hydrogens (tertiary/aromatic N) is 1. The molecule has 1 saturated heterocycles. The van der Waals surface area contributed by atoms with E-state index < -0.39 is 0 Å². The molecule has 146 valence electrons. The van der Waals surface area contributed by atoms with E-state index in [1.165, 1.54) is 16.3 Å². The van der Waals surface area contributed by atoms with Crippen molar-refractivity contribution in [1.82, 2.24) is 10.2 Å². The number of hydrogen-bond acceptors (Lipinski definition) is 4. The van der Waals surface area contributed by atoms with Gasteiger partial charge in [0.2, 0.25) is 0 Å². The van der Waals surface area contributed by atoms with Crippen LogP contribution in [0.1, 0.15) is 23.6 Å². The van der Waals surface area contributed by atoms with Crippen LogP contribution in [0.4, 0.5) is 0 Å². The zero-order valence-corrected chi connectivity index (χ0v) is 16.7. The monoisotopic (exact) mass is 376 g/mol. The molecule has 3 aromatic rings. The van der Waals surface area contributed by atoms with Crippen molar-refractivity contribution in [2.45, 2.75) is 12.5 Å². The van der Waals surface area contributed by atoms with Gasteiger partial charge >= 0.3 is 0 Å². The van der Waals surface area contributed by atoms with E-state index in [9.17, 15) is 0 Å². The Hall–Kier alpha value is -2.56. The first-order valence-corrected chi connectivity index (χ1v) is 9.97. The molecule has 0 aliphatic carbocycles. The SMILES string of the molecule is COc1cccc(C(c2cccc3ccccc23)N2CCCNCC2)c1OC. The third-order valence-corrected chi connectivity index (χ3v) is 5.59. The van der Waals surface area contributed by atoms with Gasteiger partial charge in [-0.1, -0.05) is 54.6 Å². The highest BCUT2D eigenvalue weighted by Gasteiger charge is 2.28. The van der Waals surface area contributed by atoms with E-state index >= 15 is 0 Å². The van der Waals surface area contributed by atoms with E-state index in [4.69, 9.17) is 9.47 Å². The van der Waals surface area contributed by atoms with Gasteiger partial charge in [-0.15, -0.1) is 0 Å². The molecule has 4 nitrogen and oxygen atoms in total. The van der Waals surface area contributed by atoms with Crippen LogP contribution in [0.5, 0.6) is 11.5 Å². The first kappa shape index (κ1) is 18.8. The maximum Gasteiger partial charge on any atom is 0.165 e. The van der Waals surface area contributed by atoms with Gasteiger partial charge in [-0.05, 0) is 35.4 Å². The van der Waals surface area contributed by atoms with Gasteiger partial charge < -0.3 is 14.8 Å². The van der Waals surface area contributed by atoms with Crippen LogP contribution in [0.3, 0.4) is 0 Å². The second-order valence-electron chi connectivity index (χ2n) is 7.19. The molecule has 28 heavy (non-hydrogen) atoms. The summed E-state index contributed by atoms with van der Waals surface area (Å²) in [6, 6.07) is 21.5. The Bertz CT molecular complexity index is 928. The van der Waals surface area contributed by atoms with Crippen LogP contribution in [0.2, 0.25) is 0 Å². The van der Waals surface area contributed by atoms with Crippen molar-refractivity contribution in [3.8, 4) is 11.5 Å². The Labute approximate surface area is 167 Å². The van der Waals surface area contributed by atoms with E-state index in [0.29, 0.717) is 0 Å². The summed E-state index contributed by atoms with van der Waals surface area (Å²) < 4.78 is 11.4. The average Bonchev–Trinajstić information content (AvgIpc) is 3.03. The molecule has 0 saturated carbocycles. The Morgan fingerprint density at radius 1 is 0.821 bits per heavy atom. The maximum absolute atomic E-state index is 5.84. The number of nitrogens with one attached hydrogen (secondary N) is 1. The van der Waals surface area contributed by atoms with Gasteiger partial charge in [-0.3, -0.25) is 4.90 Å². The maximum atomic E-state index is 5.84. The minimum atomic E-state index is 0.107. The van der Waals surface area contributed by atoms with Crippen molar-refractivity contribution in [1.29, 1.82) is 0 Å². The highest BCUT2D eigenvalue weighted by Crippen LogP contribution is 2.42. The molecule has 0 spiro atoms. The van der Waals surface area contributed by atoms with Crippen molar-refractivity contribution in [3.63, 3.8) is 0 Å². The van der Waals surface area contributed by atoms with E-state index in [1.54, 1.807) is 14.2 Å². The topological polar surface area (TPSA) is 33.7 Å². The average molecular weight is 377 g/mol. The van der Waals surface area contributed by atoms with Crippen molar-refractivity contribution in [3.05, 3.63) is 71.8 Å². The molecule has 4 heteroatoms. The summed E-state index contributed by atoms with van der Waals surface area (Å²) in [6.45, 7) is 4.09. The normalized spacial score (nSPS) is 16.5. The van der Waals surface area contributed by atoms with Crippen LogP contribution in [0, 0.1) is 0 Å². The molecule has 0 bridgehead atoms. The summed E-state index contributed by atoms with van der Waals surface area (Å²) in [7, 11) is 3.43. The van der Waals surface area contributed by atoms with Gasteiger partial charge in [-0.2, -0.15) is 0 Å². The molecular formula is C24H28N2O2. The third kappa shape index (κ3) is 3.58. The number of para-hydroxylation sites is 1. The fourth-order valence-electron chi connectivity index (χ4n) is 4.30. The highest BCUT2D eigenvalue weighted by atomic mass is 16.5. The highest BCUT2D eigenvalue weighted by molar-refractivity contribution is 5.86. The molecule has 0 aromatic heterocycles. The molecule has 0 radical (unpaired) electrons. The van der Waals surface area contributed by atoms with Crippen LogP contribution in [0.25, 0.3) is 10.8 Å². The molecule has 1 unspecified atom stereocenters. The van der Waals surface area contributed by atoms with E-state index in [2.05, 4.69) is 64.8 Å². The Kier molecular flexibility index (Phi) is 5.79. The third-order valence-electron chi connectivity index (χ3n) is 5.59. The molecule has 1 aliphatic rings. The zero-order chi connectivity index (χ0) is 19.3. The lowest BCUT2D eigenvalue weighted by molar-refractivity contribution is 0.235. The van der Waals surface area contributed by atoms with Gasteiger partial charge in [-0.25, -0.2) is 0 Å². The summed E-state index contributed by atoms with van der Waals surface area (Å²) in [5, 5.41) is 6.08. The first-order valence-electron chi connectivity index (χ1n) is 9.97. The second-order valence-corrected chi connectivity index (χ2v) is 7.19. The van der Waals surface area contributed by atoms with Crippen molar-refractivity contribution in [2.24, 2.45) is 0 Å². The lowest BCUT2D eigenvalue weighted by Gasteiger charge is -2.33. The smallest absolute Gasteiger partial charge is 0.165 e. The fraction of sp³-hybridized carbons (Fsp3) is 0.333. The van der Waals surface area contributed by atoms with Gasteiger partial charge in [0.25, 0.3) is 0 Å². The Balaban J connectivity index is 1.92. The summed E-state index contributed by atoms with van der Waals surface area (Å²) in [5.41, 5.74) is 2.46. The van der Waals surface area contributed by atoms with Crippen LogP contribution < -0.4 is 14.8 Å². The van der Waals surface area contributed by atoms with E-state index in [1.807, 2.05) is 6.07 Å². The van der Waals surface area contributed by atoms with Crippen LogP contribution in [0.15, 0.2) is 60.7 Å². The summed E-state index contributed by atoms with van der Waals surface area (Å²) in [4.78, 5) is 2.57. The van der Waals surface area contributed by atoms with Gasteiger partial charge in [0.05, 0.1) is 20.3 Å². The minimum absolute atomic E-state index is 0.107. The van der Waals surface area contributed by atoms with Crippen LogP contribution in [-0.4, -0.2) is 45.3 Å². The first-order chi connectivity index (χ1) is 13.8. The Morgan fingerprint density at radius 2 is 1.61 bits per heavy atom. The standard InChI is InChI=1S/C24H28N2O2/c1-27-22-13-6-12-21(24(22)28-2)23(26-16-7-14-25-15-17-26)20-11-5-9-18-8-3-4-10-19(18)20/h3-6,8-13,23,25H,7,14-17H2,1-2H3. The van der Waals surface area contributed by atoms with Crippen molar-refractivity contribution in [2.75, 3.05) is 40.4 Å². The number of ether oxygens (including phenoxy) is 2. The Morgan fingerprint density at radius 3 is 2.46 bits per heavy atom. The molecule has 1 heterocycles. The van der Waals surface area contributed by atoms with Gasteiger partial charge in [0.1, 0.15) is 0 Å². The molecule has 1 fully saturated rings. The number of methoxy groups -OCH3 is 2. The summed E-state index contributed by atoms with van der Waals surface area (Å²) >= 11 is 0. The predicted molar refractivity (Wildman–Crippen MR) is 114 cm³/mol. The van der Waals surface area contributed by atoms with Crippen LogP contribution in [-0.2, 0) is 0 Å². The number of rotatable bonds is 5. The molecule has 0 amide bonds. The molecule has 1 N–H and O–H groups in total. The largest absolute Gasteiger partial charge is 0.493 e. The minimum Gasteiger partial charge on any atom is -0.493 e. The van der Waals surface area contributed by atoms with Gasteiger partial charge in [0.15, 0.2) is 11.5 Å². The lowest BCUT2D eigenvalue weighted by Crippen LogP contribution is -2.33. The van der Waals surface area contributed by atoms with E-state index in [-0.39, 0.29) is 6.04 Å². The van der Waals surface area contributed by atoms with Crippen LogP contribution >= 0.6 is 0 Å². The summed E-state index contributed by atoms with van der Waals surface area (Å²) in [5.74, 6) is 1.60. The fourth-order valence-corrected chi connectivity index (χ4v) is 4.30. The number of fused-ring (bicyclic) bond motifs is 1. The summed E-state index contributed by atoms with van der Waals surface area (Å²) in [6.07, 6.45) is 1.13. The van der Waals surface area contributed by atoms with Crippen molar-refractivity contribution < 1.29 is 9.47 Å². The predicted octanol–water partition coefficient (Wildman–Crippen LogP) is 4.24. The number of benzene rings is 3. The quantitative estimate of drug-likeness (QED) is 0.722. The zero-order valence-electron chi connectivity index (χ0n) is 16.7. The number of hydrogen-bond donors (Lipinski definition) is 1. The molecule has 1 aliphatic heterocycles.